The molecule has 2 aliphatic carbocycles. The van der Waals surface area contributed by atoms with Crippen LogP contribution in [0.4, 0.5) is 0 Å². The van der Waals surface area contributed by atoms with Gasteiger partial charge in [-0.1, -0.05) is 84.9 Å². The minimum Gasteiger partial charge on any atom is -0.0616 e. The van der Waals surface area contributed by atoms with Crippen molar-refractivity contribution in [2.75, 3.05) is 0 Å². The van der Waals surface area contributed by atoms with Crippen LogP contribution < -0.4 is 0 Å². The zero-order chi connectivity index (χ0) is 17.5. The average Bonchev–Trinajstić information content (AvgIpc) is 3.26. The van der Waals surface area contributed by atoms with Gasteiger partial charge in [0.05, 0.1) is 0 Å². The number of rotatable bonds is 0. The third-order valence-electron chi connectivity index (χ3n) is 6.43. The number of benzene rings is 5. The van der Waals surface area contributed by atoms with Crippen molar-refractivity contribution < 1.29 is 0 Å². The van der Waals surface area contributed by atoms with Gasteiger partial charge < -0.3 is 0 Å². The standard InChI is InChI=1S/C27H16/c1-2-8-19-16(5-1)11-12-18-15-24-22(26(18)19)14-13-21-20-9-3-6-17-7-4-10-23(25(17)20)27(21)24/h1-14H,15H2. The molecule has 0 N–H and O–H groups in total. The maximum absolute atomic E-state index is 2.36. The Morgan fingerprint density at radius 1 is 0.481 bits per heavy atom. The van der Waals surface area contributed by atoms with Crippen LogP contribution in [0.1, 0.15) is 11.1 Å². The van der Waals surface area contributed by atoms with Crippen LogP contribution in [0.25, 0.3) is 54.9 Å². The van der Waals surface area contributed by atoms with Crippen LogP contribution in [0.2, 0.25) is 0 Å². The van der Waals surface area contributed by atoms with Crippen LogP contribution in [-0.4, -0.2) is 0 Å². The topological polar surface area (TPSA) is 0 Å². The van der Waals surface area contributed by atoms with Gasteiger partial charge in [-0.2, -0.15) is 0 Å². The average molecular weight is 340 g/mol. The molecule has 0 fully saturated rings. The summed E-state index contributed by atoms with van der Waals surface area (Å²) in [5, 5.41) is 5.47. The molecule has 0 heteroatoms. The monoisotopic (exact) mass is 340 g/mol. The van der Waals surface area contributed by atoms with Gasteiger partial charge in [-0.3, -0.25) is 0 Å². The molecule has 5 aromatic rings. The van der Waals surface area contributed by atoms with Crippen LogP contribution in [0.3, 0.4) is 0 Å². The van der Waals surface area contributed by atoms with Gasteiger partial charge in [0.15, 0.2) is 0 Å². The highest BCUT2D eigenvalue weighted by atomic mass is 14.3. The molecule has 0 nitrogen and oxygen atoms in total. The van der Waals surface area contributed by atoms with Crippen molar-refractivity contribution in [2.45, 2.75) is 6.42 Å². The van der Waals surface area contributed by atoms with Gasteiger partial charge in [-0.15, -0.1) is 0 Å². The van der Waals surface area contributed by atoms with E-state index in [0.29, 0.717) is 0 Å². The van der Waals surface area contributed by atoms with Crippen molar-refractivity contribution in [2.24, 2.45) is 0 Å². The SMILES string of the molecule is c1ccc2c3c(ccc2c1)Cc1c-3ccc2c1-c1cccc3cccc-2c13. The molecule has 2 aliphatic rings. The Balaban J connectivity index is 1.61. The first-order valence-corrected chi connectivity index (χ1v) is 9.59. The Morgan fingerprint density at radius 3 is 2.19 bits per heavy atom. The smallest absolute Gasteiger partial charge is 0.000683 e. The summed E-state index contributed by atoms with van der Waals surface area (Å²) in [5.41, 5.74) is 11.5. The molecule has 0 amide bonds. The van der Waals surface area contributed by atoms with Crippen LogP contribution >= 0.6 is 0 Å². The molecule has 0 aliphatic heterocycles. The molecule has 27 heavy (non-hydrogen) atoms. The predicted molar refractivity (Wildman–Crippen MR) is 114 cm³/mol. The molecule has 0 saturated carbocycles. The Morgan fingerprint density at radius 2 is 1.26 bits per heavy atom. The molecule has 0 spiro atoms. The zero-order valence-corrected chi connectivity index (χ0v) is 14.8. The van der Waals surface area contributed by atoms with E-state index < -0.39 is 0 Å². The molecule has 124 valence electrons. The van der Waals surface area contributed by atoms with E-state index in [-0.39, 0.29) is 0 Å². The molecular formula is C27H16. The van der Waals surface area contributed by atoms with Crippen molar-refractivity contribution in [3.63, 3.8) is 0 Å². The van der Waals surface area contributed by atoms with E-state index in [0.717, 1.165) is 6.42 Å². The Labute approximate surface area is 157 Å². The zero-order valence-electron chi connectivity index (χ0n) is 14.8. The van der Waals surface area contributed by atoms with Gasteiger partial charge in [0, 0.05) is 0 Å². The van der Waals surface area contributed by atoms with Gasteiger partial charge in [-0.05, 0) is 72.5 Å². The van der Waals surface area contributed by atoms with Crippen LogP contribution in [0, 0.1) is 0 Å². The summed E-state index contributed by atoms with van der Waals surface area (Å²) in [7, 11) is 0. The summed E-state index contributed by atoms with van der Waals surface area (Å²) in [6.07, 6.45) is 1.03. The Bertz CT molecular complexity index is 1430. The second kappa shape index (κ2) is 4.66. The second-order valence-corrected chi connectivity index (χ2v) is 7.72. The third-order valence-corrected chi connectivity index (χ3v) is 6.43. The lowest BCUT2D eigenvalue weighted by Crippen LogP contribution is -1.87. The Hall–Kier alpha value is -3.38. The lowest BCUT2D eigenvalue weighted by molar-refractivity contribution is 1.27. The lowest BCUT2D eigenvalue weighted by atomic mass is 9.93. The van der Waals surface area contributed by atoms with Crippen molar-refractivity contribution in [1.29, 1.82) is 0 Å². The second-order valence-electron chi connectivity index (χ2n) is 7.72. The molecule has 0 saturated heterocycles. The van der Waals surface area contributed by atoms with E-state index in [9.17, 15) is 0 Å². The molecule has 5 aromatic carbocycles. The van der Waals surface area contributed by atoms with E-state index in [1.807, 2.05) is 0 Å². The predicted octanol–water partition coefficient (Wildman–Crippen LogP) is 7.21. The molecular weight excluding hydrogens is 324 g/mol. The Kier molecular flexibility index (Phi) is 2.38. The van der Waals surface area contributed by atoms with Crippen molar-refractivity contribution >= 4 is 21.5 Å². The fourth-order valence-electron chi connectivity index (χ4n) is 5.34. The van der Waals surface area contributed by atoms with Gasteiger partial charge in [0.1, 0.15) is 0 Å². The van der Waals surface area contributed by atoms with Crippen LogP contribution in [0.5, 0.6) is 0 Å². The maximum atomic E-state index is 2.36. The summed E-state index contributed by atoms with van der Waals surface area (Å²) in [6, 6.07) is 31.5. The summed E-state index contributed by atoms with van der Waals surface area (Å²) in [5.74, 6) is 0. The summed E-state index contributed by atoms with van der Waals surface area (Å²) in [4.78, 5) is 0. The first-order valence-electron chi connectivity index (χ1n) is 9.59. The molecule has 0 radical (unpaired) electrons. The minimum absolute atomic E-state index is 1.03. The highest BCUT2D eigenvalue weighted by molar-refractivity contribution is 6.17. The fourth-order valence-corrected chi connectivity index (χ4v) is 5.34. The molecule has 0 unspecified atom stereocenters. The highest BCUT2D eigenvalue weighted by Gasteiger charge is 2.30. The highest BCUT2D eigenvalue weighted by Crippen LogP contribution is 2.53. The van der Waals surface area contributed by atoms with Gasteiger partial charge in [0.25, 0.3) is 0 Å². The van der Waals surface area contributed by atoms with Gasteiger partial charge >= 0.3 is 0 Å². The van der Waals surface area contributed by atoms with Crippen molar-refractivity contribution in [1.82, 2.24) is 0 Å². The normalized spacial score (nSPS) is 13.0. The molecule has 0 bridgehead atoms. The molecule has 7 rings (SSSR count). The van der Waals surface area contributed by atoms with E-state index in [1.54, 1.807) is 0 Å². The quantitative estimate of drug-likeness (QED) is 0.273. The van der Waals surface area contributed by atoms with E-state index >= 15 is 0 Å². The summed E-state index contributed by atoms with van der Waals surface area (Å²) >= 11 is 0. The van der Waals surface area contributed by atoms with Crippen LogP contribution in [0.15, 0.2) is 84.9 Å². The van der Waals surface area contributed by atoms with E-state index in [1.165, 1.54) is 66.1 Å². The summed E-state index contributed by atoms with van der Waals surface area (Å²) < 4.78 is 0. The first kappa shape index (κ1) is 13.8. The van der Waals surface area contributed by atoms with Gasteiger partial charge in [-0.25, -0.2) is 0 Å². The number of fused-ring (bicyclic) bond motifs is 9. The largest absolute Gasteiger partial charge is 0.0616 e. The molecule has 0 aromatic heterocycles. The fraction of sp³-hybridized carbons (Fsp3) is 0.0370. The molecule has 0 heterocycles. The first-order chi connectivity index (χ1) is 13.4. The number of hydrogen-bond donors (Lipinski definition) is 0. The van der Waals surface area contributed by atoms with Gasteiger partial charge in [0.2, 0.25) is 0 Å². The molecule has 0 atom stereocenters. The maximum Gasteiger partial charge on any atom is -0.000683 e. The van der Waals surface area contributed by atoms with Crippen molar-refractivity contribution in [3.8, 4) is 33.4 Å². The van der Waals surface area contributed by atoms with E-state index in [2.05, 4.69) is 84.9 Å². The lowest BCUT2D eigenvalue weighted by Gasteiger charge is -2.10. The van der Waals surface area contributed by atoms with E-state index in [4.69, 9.17) is 0 Å². The number of hydrogen-bond acceptors (Lipinski definition) is 0. The minimum atomic E-state index is 1.03. The van der Waals surface area contributed by atoms with Crippen LogP contribution in [-0.2, 0) is 6.42 Å². The summed E-state index contributed by atoms with van der Waals surface area (Å²) in [6.45, 7) is 0. The third kappa shape index (κ3) is 1.60. The van der Waals surface area contributed by atoms with Crippen molar-refractivity contribution in [3.05, 3.63) is 96.1 Å².